The maximum absolute atomic E-state index is 12.7. The number of aryl methyl sites for hydroxylation is 1. The molecule has 9 nitrogen and oxygen atoms in total. The molecule has 0 saturated carbocycles. The predicted molar refractivity (Wildman–Crippen MR) is 111 cm³/mol. The van der Waals surface area contributed by atoms with Crippen molar-refractivity contribution in [2.24, 2.45) is 11.0 Å². The molecule has 158 valence electrons. The van der Waals surface area contributed by atoms with Gasteiger partial charge in [-0.15, -0.1) is 0 Å². The van der Waals surface area contributed by atoms with Gasteiger partial charge in [-0.05, 0) is 31.9 Å². The van der Waals surface area contributed by atoms with Crippen LogP contribution in [0.5, 0.6) is 0 Å². The lowest BCUT2D eigenvalue weighted by molar-refractivity contribution is -0.384. The second-order valence-electron chi connectivity index (χ2n) is 7.08. The number of carbonyl (C=O) groups excluding carboxylic acids is 1. The molecular weight excluding hydrogens is 408 g/mol. The van der Waals surface area contributed by atoms with Crippen molar-refractivity contribution in [2.75, 3.05) is 13.1 Å². The van der Waals surface area contributed by atoms with Gasteiger partial charge < -0.3 is 0 Å². The van der Waals surface area contributed by atoms with Crippen molar-refractivity contribution in [1.82, 2.24) is 9.73 Å². The summed E-state index contributed by atoms with van der Waals surface area (Å²) < 4.78 is 26.9. The molecule has 1 aliphatic heterocycles. The number of nitrogens with zero attached hydrogens (tertiary/aromatic N) is 3. The van der Waals surface area contributed by atoms with Crippen molar-refractivity contribution in [2.45, 2.75) is 24.7 Å². The molecule has 1 heterocycles. The fourth-order valence-electron chi connectivity index (χ4n) is 3.20. The van der Waals surface area contributed by atoms with E-state index in [9.17, 15) is 23.3 Å². The Bertz CT molecular complexity index is 1060. The molecule has 0 aromatic heterocycles. The van der Waals surface area contributed by atoms with E-state index in [-0.39, 0.29) is 35.5 Å². The first kappa shape index (κ1) is 21.6. The van der Waals surface area contributed by atoms with Crippen LogP contribution in [-0.2, 0) is 14.8 Å². The summed E-state index contributed by atoms with van der Waals surface area (Å²) >= 11 is 0. The molecule has 1 fully saturated rings. The number of nitrogens with one attached hydrogen (secondary N) is 1. The summed E-state index contributed by atoms with van der Waals surface area (Å²) in [5, 5.41) is 14.7. The van der Waals surface area contributed by atoms with E-state index >= 15 is 0 Å². The average molecular weight is 430 g/mol. The highest BCUT2D eigenvalue weighted by molar-refractivity contribution is 7.89. The van der Waals surface area contributed by atoms with Crippen LogP contribution in [0.4, 0.5) is 5.69 Å². The first-order chi connectivity index (χ1) is 14.3. The number of non-ortho nitro benzene ring substituents is 1. The predicted octanol–water partition coefficient (Wildman–Crippen LogP) is 2.45. The Kier molecular flexibility index (Phi) is 6.58. The second-order valence-corrected chi connectivity index (χ2v) is 9.02. The lowest BCUT2D eigenvalue weighted by Gasteiger charge is -2.30. The van der Waals surface area contributed by atoms with Gasteiger partial charge in [0.15, 0.2) is 0 Å². The van der Waals surface area contributed by atoms with Crippen LogP contribution in [0.1, 0.15) is 24.0 Å². The third-order valence-corrected chi connectivity index (χ3v) is 6.87. The number of nitro groups is 1. The summed E-state index contributed by atoms with van der Waals surface area (Å²) in [6, 6.07) is 12.6. The summed E-state index contributed by atoms with van der Waals surface area (Å²) in [6.07, 6.45) is 2.12. The number of nitro benzene ring substituents is 1. The van der Waals surface area contributed by atoms with Gasteiger partial charge in [0.25, 0.3) is 5.69 Å². The zero-order chi connectivity index (χ0) is 21.7. The van der Waals surface area contributed by atoms with Crippen molar-refractivity contribution in [3.63, 3.8) is 0 Å². The van der Waals surface area contributed by atoms with E-state index in [0.29, 0.717) is 18.4 Å². The van der Waals surface area contributed by atoms with Crippen molar-refractivity contribution in [3.05, 3.63) is 69.8 Å². The third kappa shape index (κ3) is 5.08. The summed E-state index contributed by atoms with van der Waals surface area (Å²) in [5.41, 5.74) is 3.84. The molecule has 0 spiro atoms. The highest BCUT2D eigenvalue weighted by Crippen LogP contribution is 2.24. The van der Waals surface area contributed by atoms with Crippen LogP contribution >= 0.6 is 0 Å². The molecule has 3 rings (SSSR count). The molecule has 1 amide bonds. The minimum atomic E-state index is -3.58. The van der Waals surface area contributed by atoms with Crippen molar-refractivity contribution in [3.8, 4) is 0 Å². The summed E-state index contributed by atoms with van der Waals surface area (Å²) in [6.45, 7) is 2.40. The van der Waals surface area contributed by atoms with Gasteiger partial charge in [-0.1, -0.05) is 29.8 Å². The van der Waals surface area contributed by atoms with Crippen LogP contribution in [0.15, 0.2) is 58.5 Å². The van der Waals surface area contributed by atoms with Gasteiger partial charge in [-0.2, -0.15) is 9.41 Å². The molecule has 0 radical (unpaired) electrons. The smallest absolute Gasteiger partial charge is 0.270 e. The van der Waals surface area contributed by atoms with Gasteiger partial charge in [0, 0.05) is 36.7 Å². The molecule has 1 aliphatic rings. The Labute approximate surface area is 174 Å². The maximum atomic E-state index is 12.7. The summed E-state index contributed by atoms with van der Waals surface area (Å²) in [7, 11) is -3.58. The highest BCUT2D eigenvalue weighted by Gasteiger charge is 2.32. The number of sulfonamides is 1. The highest BCUT2D eigenvalue weighted by atomic mass is 32.2. The Hall–Kier alpha value is -3.11. The number of hydrogen-bond acceptors (Lipinski definition) is 6. The standard InChI is InChI=1S/C20H22N4O5S/c1-15-5-7-19(8-6-15)30(28,29)23-11-9-17(10-12-23)20(25)22-21-14-16-3-2-4-18(13-16)24(26)27/h2-8,13-14,17H,9-12H2,1H3,(H,22,25)/b21-14+. The third-order valence-electron chi connectivity index (χ3n) is 4.95. The van der Waals surface area contributed by atoms with Crippen LogP contribution in [-0.4, -0.2) is 42.9 Å². The van der Waals surface area contributed by atoms with Crippen LogP contribution in [0.25, 0.3) is 0 Å². The number of carbonyl (C=O) groups is 1. The zero-order valence-corrected chi connectivity index (χ0v) is 17.2. The monoisotopic (exact) mass is 430 g/mol. The number of rotatable bonds is 6. The minimum Gasteiger partial charge on any atom is -0.273 e. The van der Waals surface area contributed by atoms with Crippen LogP contribution in [0, 0.1) is 23.0 Å². The van der Waals surface area contributed by atoms with E-state index in [0.717, 1.165) is 5.56 Å². The van der Waals surface area contributed by atoms with E-state index in [2.05, 4.69) is 10.5 Å². The van der Waals surface area contributed by atoms with E-state index < -0.39 is 14.9 Å². The van der Waals surface area contributed by atoms with Crippen LogP contribution in [0.2, 0.25) is 0 Å². The number of piperidine rings is 1. The summed E-state index contributed by atoms with van der Waals surface area (Å²) in [5.74, 6) is -0.652. The van der Waals surface area contributed by atoms with E-state index in [1.54, 1.807) is 30.3 Å². The van der Waals surface area contributed by atoms with E-state index in [4.69, 9.17) is 0 Å². The number of benzene rings is 2. The van der Waals surface area contributed by atoms with Gasteiger partial charge >= 0.3 is 0 Å². The van der Waals surface area contributed by atoms with Gasteiger partial charge in [0.2, 0.25) is 15.9 Å². The topological polar surface area (TPSA) is 122 Å². The molecule has 10 heteroatoms. The maximum Gasteiger partial charge on any atom is 0.270 e. The van der Waals surface area contributed by atoms with Crippen LogP contribution < -0.4 is 5.43 Å². The molecule has 1 saturated heterocycles. The Morgan fingerprint density at radius 2 is 1.87 bits per heavy atom. The average Bonchev–Trinajstić information content (AvgIpc) is 2.74. The number of hydrazone groups is 1. The molecular formula is C20H22N4O5S. The van der Waals surface area contributed by atoms with Gasteiger partial charge in [0.1, 0.15) is 0 Å². The van der Waals surface area contributed by atoms with Gasteiger partial charge in [0.05, 0.1) is 16.0 Å². The SMILES string of the molecule is Cc1ccc(S(=O)(=O)N2CCC(C(=O)N/N=C/c3cccc([N+](=O)[O-])c3)CC2)cc1. The van der Waals surface area contributed by atoms with Crippen molar-refractivity contribution in [1.29, 1.82) is 0 Å². The van der Waals surface area contributed by atoms with E-state index in [1.807, 2.05) is 6.92 Å². The largest absolute Gasteiger partial charge is 0.273 e. The molecule has 0 atom stereocenters. The van der Waals surface area contributed by atoms with Crippen LogP contribution in [0.3, 0.4) is 0 Å². The number of hydrogen-bond donors (Lipinski definition) is 1. The van der Waals surface area contributed by atoms with Crippen molar-refractivity contribution >= 4 is 27.8 Å². The molecule has 30 heavy (non-hydrogen) atoms. The Morgan fingerprint density at radius 1 is 1.20 bits per heavy atom. The minimum absolute atomic E-state index is 0.0626. The van der Waals surface area contributed by atoms with Crippen molar-refractivity contribution < 1.29 is 18.1 Å². The molecule has 0 bridgehead atoms. The van der Waals surface area contributed by atoms with Gasteiger partial charge in [-0.3, -0.25) is 14.9 Å². The molecule has 0 aliphatic carbocycles. The first-order valence-corrected chi connectivity index (χ1v) is 10.9. The first-order valence-electron chi connectivity index (χ1n) is 9.41. The number of amides is 1. The fraction of sp³-hybridized carbons (Fsp3) is 0.300. The lowest BCUT2D eigenvalue weighted by atomic mass is 9.98. The normalized spacial score (nSPS) is 15.9. The lowest BCUT2D eigenvalue weighted by Crippen LogP contribution is -2.42. The fourth-order valence-corrected chi connectivity index (χ4v) is 4.67. The molecule has 2 aromatic carbocycles. The molecule has 0 unspecified atom stereocenters. The zero-order valence-electron chi connectivity index (χ0n) is 16.4. The Balaban J connectivity index is 1.54. The second kappa shape index (κ2) is 9.14. The van der Waals surface area contributed by atoms with Gasteiger partial charge in [-0.25, -0.2) is 13.8 Å². The Morgan fingerprint density at radius 3 is 2.50 bits per heavy atom. The van der Waals surface area contributed by atoms with E-state index in [1.165, 1.54) is 28.7 Å². The molecule has 1 N–H and O–H groups in total. The summed E-state index contributed by atoms with van der Waals surface area (Å²) in [4.78, 5) is 22.9. The quantitative estimate of drug-likeness (QED) is 0.428. The molecule has 2 aromatic rings.